The summed E-state index contributed by atoms with van der Waals surface area (Å²) < 4.78 is 3.99. The number of nitrogens with zero attached hydrogens (tertiary/aromatic N) is 4. The van der Waals surface area contributed by atoms with Gasteiger partial charge in [-0.1, -0.05) is 62.8 Å². The summed E-state index contributed by atoms with van der Waals surface area (Å²) in [5.41, 5.74) is 1.49. The van der Waals surface area contributed by atoms with E-state index in [2.05, 4.69) is 24.8 Å². The van der Waals surface area contributed by atoms with Crippen molar-refractivity contribution in [2.24, 2.45) is 0 Å². The Labute approximate surface area is 145 Å². The van der Waals surface area contributed by atoms with Crippen LogP contribution in [0.5, 0.6) is 0 Å². The summed E-state index contributed by atoms with van der Waals surface area (Å²) in [5.74, 6) is 0. The molecule has 2 aromatic rings. The second-order valence-corrected chi connectivity index (χ2v) is 2.43. The molecule has 6 heteroatoms. The highest BCUT2D eigenvalue weighted by Crippen LogP contribution is 2.07. The molecule has 0 amide bonds. The van der Waals surface area contributed by atoms with Gasteiger partial charge in [0.25, 0.3) is 6.21 Å². The van der Waals surface area contributed by atoms with Crippen LogP contribution in [0.1, 0.15) is 75.4 Å². The third-order valence-electron chi connectivity index (χ3n) is 1.62. The third-order valence-corrected chi connectivity index (χ3v) is 1.62. The van der Waals surface area contributed by atoms with Gasteiger partial charge in [0, 0.05) is 21.5 Å². The molecule has 0 saturated carbocycles. The second-order valence-electron chi connectivity index (χ2n) is 2.43. The van der Waals surface area contributed by atoms with Gasteiger partial charge >= 0.3 is 6.21 Å². The minimum absolute atomic E-state index is 0. The van der Waals surface area contributed by atoms with Crippen molar-refractivity contribution in [1.82, 2.24) is 24.8 Å². The molecule has 2 heterocycles. The van der Waals surface area contributed by atoms with Crippen molar-refractivity contribution in [3.8, 4) is 0 Å². The molecule has 0 aromatic carbocycles. The first-order valence-electron chi connectivity index (χ1n) is 7.87. The van der Waals surface area contributed by atoms with Crippen molar-refractivity contribution in [2.75, 3.05) is 0 Å². The van der Waals surface area contributed by atoms with Crippen molar-refractivity contribution in [3.63, 3.8) is 0 Å². The maximum atomic E-state index is 3.99. The van der Waals surface area contributed by atoms with Crippen LogP contribution < -0.4 is 4.67 Å². The van der Waals surface area contributed by atoms with E-state index in [1.165, 1.54) is 6.33 Å². The van der Waals surface area contributed by atoms with Crippen molar-refractivity contribution >= 4 is 31.9 Å². The molecule has 2 rings (SSSR count). The Bertz CT molecular complexity index is 488. The van der Waals surface area contributed by atoms with E-state index in [0.717, 1.165) is 11.1 Å². The van der Waals surface area contributed by atoms with Crippen LogP contribution in [0.3, 0.4) is 0 Å². The Morgan fingerprint density at radius 1 is 1.00 bits per heavy atom. The standard InChI is InChI=1S/C8H7N5.4C2H6.CH4.B/c1-2-9-4-7-6-3-10-5-11-8(6)13-12-7;4*1-2;;/h2-5H,1H3;4*1-2H3;1H4;/p+1. The minimum Gasteiger partial charge on any atom is -0.269 e. The quantitative estimate of drug-likeness (QED) is 0.484. The van der Waals surface area contributed by atoms with E-state index in [1.807, 2.05) is 62.3 Å². The lowest BCUT2D eigenvalue weighted by Crippen LogP contribution is -1.86. The predicted octanol–water partition coefficient (Wildman–Crippen LogP) is 4.29. The number of rotatable bonds is 1. The number of nitrogens with one attached hydrogen (secondary N) is 1. The molecule has 1 N–H and O–H groups in total. The van der Waals surface area contributed by atoms with Crippen LogP contribution in [0.4, 0.5) is 0 Å². The zero-order chi connectivity index (χ0) is 17.1. The van der Waals surface area contributed by atoms with Crippen molar-refractivity contribution in [2.45, 2.75) is 69.7 Å². The number of H-pyrrole nitrogens is 1. The molecule has 0 aliphatic carbocycles. The smallest absolute Gasteiger partial charge is 0.269 e. The Balaban J connectivity index is -0.0000000954. The normalized spacial score (nSPS) is 6.48. The van der Waals surface area contributed by atoms with Crippen LogP contribution >= 0.6 is 0 Å². The van der Waals surface area contributed by atoms with Gasteiger partial charge in [0.15, 0.2) is 11.3 Å². The van der Waals surface area contributed by atoms with E-state index in [0.29, 0.717) is 5.65 Å². The zero-order valence-corrected chi connectivity index (χ0v) is 15.7. The van der Waals surface area contributed by atoms with Gasteiger partial charge in [-0.3, -0.25) is 5.10 Å². The highest BCUT2D eigenvalue weighted by Gasteiger charge is 2.06. The average molecular weight is 321 g/mol. The summed E-state index contributed by atoms with van der Waals surface area (Å²) >= 11 is 0. The van der Waals surface area contributed by atoms with Crippen molar-refractivity contribution in [3.05, 3.63) is 18.2 Å². The minimum atomic E-state index is 0. The van der Waals surface area contributed by atoms with Gasteiger partial charge in [0.05, 0.1) is 5.39 Å². The Hall–Kier alpha value is -1.94. The molecule has 0 aliphatic rings. The Kier molecular flexibility index (Phi) is 40.4. The molecule has 0 unspecified atom stereocenters. The summed E-state index contributed by atoms with van der Waals surface area (Å²) in [7, 11) is 0. The fourth-order valence-corrected chi connectivity index (χ4v) is 1.02. The topological polar surface area (TPSA) is 68.6 Å². The van der Waals surface area contributed by atoms with E-state index in [9.17, 15) is 0 Å². The average Bonchev–Trinajstić information content (AvgIpc) is 3.03. The molecule has 0 spiro atoms. The van der Waals surface area contributed by atoms with Gasteiger partial charge in [-0.2, -0.15) is 5.10 Å². The van der Waals surface area contributed by atoms with E-state index >= 15 is 0 Å². The summed E-state index contributed by atoms with van der Waals surface area (Å²) in [4.78, 5) is 7.90. The van der Waals surface area contributed by atoms with Gasteiger partial charge < -0.3 is 0 Å². The lowest BCUT2D eigenvalue weighted by Gasteiger charge is -1.81. The first-order chi connectivity index (χ1) is 10.4. The van der Waals surface area contributed by atoms with Gasteiger partial charge in [-0.25, -0.2) is 9.97 Å². The first-order valence-corrected chi connectivity index (χ1v) is 7.87. The molecule has 0 fully saturated rings. The van der Waals surface area contributed by atoms with Gasteiger partial charge in [0.1, 0.15) is 6.33 Å². The monoisotopic (exact) mass is 321 g/mol. The van der Waals surface area contributed by atoms with Crippen LogP contribution in [0.25, 0.3) is 11.0 Å². The summed E-state index contributed by atoms with van der Waals surface area (Å²) in [6, 6.07) is 0. The largest absolute Gasteiger partial charge is 0.317 e. The highest BCUT2D eigenvalue weighted by molar-refractivity contribution is 5.94. The number of aromatic amines is 1. The predicted molar refractivity (Wildman–Crippen MR) is 109 cm³/mol. The first kappa shape index (κ1) is 32.9. The maximum absolute atomic E-state index is 3.99. The number of hydrogen-bond acceptors (Lipinski definition) is 3. The Morgan fingerprint density at radius 3 is 2.00 bits per heavy atom. The van der Waals surface area contributed by atoms with Gasteiger partial charge in [0.2, 0.25) is 0 Å². The van der Waals surface area contributed by atoms with Gasteiger partial charge in [-0.15, -0.1) is 4.67 Å². The van der Waals surface area contributed by atoms with Crippen LogP contribution in [-0.2, 0) is 0 Å². The SMILES string of the molecule is C.CC.CC.CC.CC.CC=[N+]=Cc1[nH]nc2ncncc12.[B]. The van der Waals surface area contributed by atoms with E-state index in [-0.39, 0.29) is 15.8 Å². The fourth-order valence-electron chi connectivity index (χ4n) is 1.02. The van der Waals surface area contributed by atoms with Gasteiger partial charge in [-0.05, 0) is 0 Å². The molecule has 23 heavy (non-hydrogen) atoms. The highest BCUT2D eigenvalue weighted by atomic mass is 15.2. The maximum Gasteiger partial charge on any atom is 0.317 e. The molecule has 3 radical (unpaired) electrons. The molecular weight excluding hydrogens is 285 g/mol. The zero-order valence-electron chi connectivity index (χ0n) is 15.7. The summed E-state index contributed by atoms with van der Waals surface area (Å²) in [5, 5.41) is 7.70. The van der Waals surface area contributed by atoms with Crippen molar-refractivity contribution < 1.29 is 0 Å². The molecule has 2 aromatic heterocycles. The molecule has 5 nitrogen and oxygen atoms in total. The third kappa shape index (κ3) is 13.4. The molecule has 0 bridgehead atoms. The summed E-state index contributed by atoms with van der Waals surface area (Å²) in [6.07, 6.45) is 6.58. The van der Waals surface area contributed by atoms with E-state index in [4.69, 9.17) is 0 Å². The number of fused-ring (bicyclic) bond motifs is 1. The number of hydrogen-bond donors (Lipinski definition) is 1. The van der Waals surface area contributed by atoms with E-state index in [1.54, 1.807) is 18.6 Å². The van der Waals surface area contributed by atoms with E-state index < -0.39 is 0 Å². The fraction of sp³-hybridized carbons (Fsp3) is 0.588. The number of aromatic nitrogens is 4. The summed E-state index contributed by atoms with van der Waals surface area (Å²) in [6.45, 7) is 17.9. The molecule has 0 atom stereocenters. The van der Waals surface area contributed by atoms with Crippen molar-refractivity contribution in [1.29, 1.82) is 0 Å². The second kappa shape index (κ2) is 28.3. The molecule has 0 aliphatic heterocycles. The molecule has 131 valence electrons. The molecule has 0 saturated heterocycles. The van der Waals surface area contributed by atoms with Crippen LogP contribution in [0.2, 0.25) is 0 Å². The lowest BCUT2D eigenvalue weighted by atomic mass is 10.3. The molecular formula is C17H36BN5+. The van der Waals surface area contributed by atoms with Crippen LogP contribution in [0, 0.1) is 0 Å². The lowest BCUT2D eigenvalue weighted by molar-refractivity contribution is 1.08. The van der Waals surface area contributed by atoms with Crippen LogP contribution in [0.15, 0.2) is 12.5 Å². The van der Waals surface area contributed by atoms with Crippen LogP contribution in [-0.4, -0.2) is 41.0 Å². The Morgan fingerprint density at radius 2 is 1.52 bits per heavy atom.